The van der Waals surface area contributed by atoms with Crippen molar-refractivity contribution in [3.63, 3.8) is 0 Å². The zero-order valence-electron chi connectivity index (χ0n) is 16.1. The van der Waals surface area contributed by atoms with E-state index in [1.54, 1.807) is 26.8 Å². The molecule has 1 aromatic heterocycles. The first-order chi connectivity index (χ1) is 12.7. The molecule has 1 saturated heterocycles. The Bertz CT molecular complexity index is 701. The molecule has 27 heavy (non-hydrogen) atoms. The van der Waals surface area contributed by atoms with Crippen LogP contribution >= 0.6 is 0 Å². The Morgan fingerprint density at radius 3 is 2.70 bits per heavy atom. The first-order valence-corrected chi connectivity index (χ1v) is 8.70. The predicted molar refractivity (Wildman–Crippen MR) is 95.0 cm³/mol. The summed E-state index contributed by atoms with van der Waals surface area (Å²) in [5.74, 6) is -0.648. The molecule has 0 unspecified atom stereocenters. The van der Waals surface area contributed by atoms with Gasteiger partial charge in [0, 0.05) is 19.2 Å². The van der Waals surface area contributed by atoms with E-state index >= 15 is 0 Å². The van der Waals surface area contributed by atoms with Crippen LogP contribution in [0, 0.1) is 0 Å². The van der Waals surface area contributed by atoms with E-state index in [0.29, 0.717) is 19.4 Å². The van der Waals surface area contributed by atoms with Crippen molar-refractivity contribution in [1.82, 2.24) is 15.0 Å². The minimum Gasteiger partial charge on any atom is -0.475 e. The van der Waals surface area contributed by atoms with Crippen molar-refractivity contribution in [3.8, 4) is 5.88 Å². The van der Waals surface area contributed by atoms with Gasteiger partial charge in [-0.3, -0.25) is 4.79 Å². The van der Waals surface area contributed by atoms with E-state index in [9.17, 15) is 14.4 Å². The third-order valence-corrected chi connectivity index (χ3v) is 3.66. The molecule has 2 rings (SSSR count). The van der Waals surface area contributed by atoms with E-state index in [-0.39, 0.29) is 30.5 Å². The van der Waals surface area contributed by atoms with Gasteiger partial charge in [-0.1, -0.05) is 0 Å². The molecule has 9 heteroatoms. The largest absolute Gasteiger partial charge is 0.475 e. The first kappa shape index (κ1) is 20.5. The zero-order chi connectivity index (χ0) is 20.0. The number of hydrogen-bond donors (Lipinski definition) is 0. The van der Waals surface area contributed by atoms with Crippen LogP contribution in [0.4, 0.5) is 4.79 Å². The quantitative estimate of drug-likeness (QED) is 0.722. The third kappa shape index (κ3) is 5.57. The zero-order valence-corrected chi connectivity index (χ0v) is 16.1. The molecule has 0 bridgehead atoms. The molecule has 148 valence electrons. The summed E-state index contributed by atoms with van der Waals surface area (Å²) in [6.07, 6.45) is 1.82. The fourth-order valence-electron chi connectivity index (χ4n) is 2.51. The van der Waals surface area contributed by atoms with Crippen LogP contribution in [0.3, 0.4) is 0 Å². The van der Waals surface area contributed by atoms with Crippen LogP contribution in [-0.2, 0) is 14.3 Å². The minimum absolute atomic E-state index is 0.0477. The van der Waals surface area contributed by atoms with Crippen LogP contribution in [-0.4, -0.2) is 65.4 Å². The molecule has 1 fully saturated rings. The van der Waals surface area contributed by atoms with E-state index in [0.717, 1.165) is 0 Å². The van der Waals surface area contributed by atoms with Gasteiger partial charge < -0.3 is 14.2 Å². The Kier molecular flexibility index (Phi) is 6.59. The van der Waals surface area contributed by atoms with Crippen molar-refractivity contribution in [3.05, 3.63) is 23.9 Å². The fourth-order valence-corrected chi connectivity index (χ4v) is 2.51. The van der Waals surface area contributed by atoms with E-state index in [1.807, 2.05) is 0 Å². The number of nitrogens with zero attached hydrogens (tertiary/aromatic N) is 3. The van der Waals surface area contributed by atoms with Gasteiger partial charge in [-0.15, -0.1) is 0 Å². The van der Waals surface area contributed by atoms with Crippen LogP contribution in [0.2, 0.25) is 0 Å². The molecule has 0 aliphatic carbocycles. The summed E-state index contributed by atoms with van der Waals surface area (Å²) >= 11 is 0. The smallest absolute Gasteiger partial charge is 0.429 e. The van der Waals surface area contributed by atoms with Crippen molar-refractivity contribution >= 4 is 18.0 Å². The lowest BCUT2D eigenvalue weighted by molar-refractivity contribution is -0.154. The Hall–Kier alpha value is -2.84. The molecule has 1 aliphatic rings. The van der Waals surface area contributed by atoms with Crippen molar-refractivity contribution < 1.29 is 28.6 Å². The maximum absolute atomic E-state index is 12.4. The van der Waals surface area contributed by atoms with Crippen LogP contribution < -0.4 is 4.74 Å². The minimum atomic E-state index is -0.664. The molecule has 0 spiro atoms. The number of esters is 1. The molecule has 0 N–H and O–H groups in total. The van der Waals surface area contributed by atoms with Crippen molar-refractivity contribution in [2.75, 3.05) is 26.8 Å². The summed E-state index contributed by atoms with van der Waals surface area (Å²) in [4.78, 5) is 40.4. The van der Waals surface area contributed by atoms with Gasteiger partial charge in [0.05, 0.1) is 13.7 Å². The van der Waals surface area contributed by atoms with Crippen LogP contribution in [0.15, 0.2) is 18.3 Å². The number of carbonyl (C=O) groups excluding carboxylic acids is 3. The number of methoxy groups -OCH3 is 1. The highest BCUT2D eigenvalue weighted by Crippen LogP contribution is 2.19. The topological polar surface area (TPSA) is 98.3 Å². The normalized spacial score (nSPS) is 14.7. The molecular formula is C18H25N3O6. The van der Waals surface area contributed by atoms with E-state index in [4.69, 9.17) is 14.2 Å². The molecule has 0 aromatic carbocycles. The third-order valence-electron chi connectivity index (χ3n) is 3.66. The monoisotopic (exact) mass is 379 g/mol. The highest BCUT2D eigenvalue weighted by atomic mass is 16.6. The molecule has 1 aromatic rings. The van der Waals surface area contributed by atoms with Gasteiger partial charge in [-0.2, -0.15) is 0 Å². The average molecular weight is 379 g/mol. The van der Waals surface area contributed by atoms with Crippen molar-refractivity contribution in [2.45, 2.75) is 39.2 Å². The number of aromatic nitrogens is 1. The number of ether oxygens (including phenoxy) is 3. The van der Waals surface area contributed by atoms with Gasteiger partial charge in [-0.25, -0.2) is 24.6 Å². The highest BCUT2D eigenvalue weighted by Gasteiger charge is 2.33. The van der Waals surface area contributed by atoms with Gasteiger partial charge in [0.1, 0.15) is 17.8 Å². The second-order valence-electron chi connectivity index (χ2n) is 6.92. The van der Waals surface area contributed by atoms with E-state index in [2.05, 4.69) is 4.98 Å². The van der Waals surface area contributed by atoms with E-state index in [1.165, 1.54) is 29.4 Å². The Morgan fingerprint density at radius 1 is 1.30 bits per heavy atom. The summed E-state index contributed by atoms with van der Waals surface area (Å²) in [6, 6.07) is 3.13. The summed E-state index contributed by atoms with van der Waals surface area (Å²) < 4.78 is 15.6. The van der Waals surface area contributed by atoms with Gasteiger partial charge in [0.2, 0.25) is 11.8 Å². The van der Waals surface area contributed by atoms with Crippen molar-refractivity contribution in [2.24, 2.45) is 0 Å². The number of rotatable bonds is 5. The standard InChI is InChI=1S/C18H25N3O6/c1-18(2,3)27-17(24)21-10-6-8-14(22)20(21)11-12-26-15-13(16(23)25-4)7-5-9-19-15/h5,7,9H,6,8,10-12H2,1-4H3. The Morgan fingerprint density at radius 2 is 2.04 bits per heavy atom. The Labute approximate surface area is 158 Å². The molecular weight excluding hydrogens is 354 g/mol. The molecule has 9 nitrogen and oxygen atoms in total. The first-order valence-electron chi connectivity index (χ1n) is 8.70. The van der Waals surface area contributed by atoms with Gasteiger partial charge in [0.25, 0.3) is 0 Å². The molecule has 1 aliphatic heterocycles. The summed E-state index contributed by atoms with van der Waals surface area (Å²) in [7, 11) is 1.27. The number of hydrazine groups is 1. The molecule has 2 heterocycles. The summed E-state index contributed by atoms with van der Waals surface area (Å²) in [5.41, 5.74) is -0.475. The number of hydrogen-bond acceptors (Lipinski definition) is 7. The second kappa shape index (κ2) is 8.70. The molecule has 2 amide bonds. The highest BCUT2D eigenvalue weighted by molar-refractivity contribution is 5.91. The SMILES string of the molecule is COC(=O)c1cccnc1OCCN1C(=O)CCCN1C(=O)OC(C)(C)C. The van der Waals surface area contributed by atoms with Crippen molar-refractivity contribution in [1.29, 1.82) is 0 Å². The lowest BCUT2D eigenvalue weighted by Crippen LogP contribution is -2.55. The second-order valence-corrected chi connectivity index (χ2v) is 6.92. The van der Waals surface area contributed by atoms with E-state index < -0.39 is 17.7 Å². The predicted octanol–water partition coefficient (Wildman–Crippen LogP) is 2.02. The van der Waals surface area contributed by atoms with Crippen LogP contribution in [0.5, 0.6) is 5.88 Å². The molecule has 0 saturated carbocycles. The number of amides is 2. The summed E-state index contributed by atoms with van der Waals surface area (Å²) in [5, 5.41) is 2.61. The number of carbonyl (C=O) groups is 3. The molecule has 0 radical (unpaired) electrons. The maximum atomic E-state index is 12.4. The fraction of sp³-hybridized carbons (Fsp3) is 0.556. The Balaban J connectivity index is 2.03. The van der Waals surface area contributed by atoms with Crippen LogP contribution in [0.25, 0.3) is 0 Å². The number of pyridine rings is 1. The lowest BCUT2D eigenvalue weighted by atomic mass is 10.2. The summed E-state index contributed by atoms with van der Waals surface area (Å²) in [6.45, 7) is 5.84. The van der Waals surface area contributed by atoms with Gasteiger partial charge >= 0.3 is 12.1 Å². The molecule has 0 atom stereocenters. The van der Waals surface area contributed by atoms with Crippen LogP contribution in [0.1, 0.15) is 44.0 Å². The maximum Gasteiger partial charge on any atom is 0.429 e. The average Bonchev–Trinajstić information content (AvgIpc) is 2.61. The lowest BCUT2D eigenvalue weighted by Gasteiger charge is -2.38. The van der Waals surface area contributed by atoms with Gasteiger partial charge in [-0.05, 0) is 39.3 Å². The van der Waals surface area contributed by atoms with Gasteiger partial charge in [0.15, 0.2) is 0 Å².